The number of nitrogens with one attached hydrogen (secondary N) is 1. The number of aryl methyl sites for hydroxylation is 1. The lowest BCUT2D eigenvalue weighted by atomic mass is 10.1. The van der Waals surface area contributed by atoms with E-state index in [9.17, 15) is 4.39 Å². The van der Waals surface area contributed by atoms with Gasteiger partial charge in [-0.1, -0.05) is 35.8 Å². The molecule has 0 radical (unpaired) electrons. The van der Waals surface area contributed by atoms with Crippen LogP contribution in [-0.4, -0.2) is 13.1 Å². The molecule has 0 amide bonds. The third-order valence-electron chi connectivity index (χ3n) is 2.37. The van der Waals surface area contributed by atoms with Crippen LogP contribution in [0.15, 0.2) is 22.7 Å². The van der Waals surface area contributed by atoms with Crippen molar-refractivity contribution in [3.63, 3.8) is 0 Å². The van der Waals surface area contributed by atoms with Crippen LogP contribution in [0.2, 0.25) is 0 Å². The largest absolute Gasteiger partial charge is 0.316 e. The van der Waals surface area contributed by atoms with E-state index in [4.69, 9.17) is 0 Å². The normalized spacial score (nSPS) is 11.1. The van der Waals surface area contributed by atoms with Gasteiger partial charge in [0.05, 0.1) is 0 Å². The predicted octanol–water partition coefficient (Wildman–Crippen LogP) is 3.77. The fourth-order valence-electron chi connectivity index (χ4n) is 1.52. The molecule has 0 heterocycles. The van der Waals surface area contributed by atoms with E-state index in [2.05, 4.69) is 35.1 Å². The maximum atomic E-state index is 13.4. The van der Waals surface area contributed by atoms with Crippen molar-refractivity contribution in [3.8, 4) is 0 Å². The van der Waals surface area contributed by atoms with Gasteiger partial charge in [0.15, 0.2) is 0 Å². The van der Waals surface area contributed by atoms with Gasteiger partial charge in [0, 0.05) is 4.47 Å². The van der Waals surface area contributed by atoms with Gasteiger partial charge in [-0.3, -0.25) is 0 Å². The van der Waals surface area contributed by atoms with Gasteiger partial charge < -0.3 is 5.32 Å². The monoisotopic (exact) mass is 287 g/mol. The summed E-state index contributed by atoms with van der Waals surface area (Å²) >= 11 is 3.25. The molecule has 0 saturated heterocycles. The van der Waals surface area contributed by atoms with E-state index in [0.29, 0.717) is 5.92 Å². The van der Waals surface area contributed by atoms with Crippen molar-refractivity contribution < 1.29 is 4.39 Å². The Morgan fingerprint density at radius 1 is 1.38 bits per heavy atom. The minimum absolute atomic E-state index is 0.113. The molecular weight excluding hydrogens is 269 g/mol. The van der Waals surface area contributed by atoms with Gasteiger partial charge in [0.1, 0.15) is 5.82 Å². The lowest BCUT2D eigenvalue weighted by Crippen LogP contribution is -2.21. The number of halogens is 2. The third-order valence-corrected chi connectivity index (χ3v) is 2.86. The summed E-state index contributed by atoms with van der Waals surface area (Å²) in [5.74, 6) is 0.558. The van der Waals surface area contributed by atoms with E-state index in [0.717, 1.165) is 36.0 Å². The average Bonchev–Trinajstić information content (AvgIpc) is 2.20. The molecule has 1 rings (SSSR count). The highest BCUT2D eigenvalue weighted by Gasteiger charge is 2.02. The quantitative estimate of drug-likeness (QED) is 0.786. The molecular formula is C13H19BrFN. The predicted molar refractivity (Wildman–Crippen MR) is 70.1 cm³/mol. The molecule has 0 aliphatic rings. The molecule has 0 fully saturated rings. The Hall–Kier alpha value is -0.410. The van der Waals surface area contributed by atoms with Crippen LogP contribution in [0.1, 0.15) is 25.8 Å². The molecule has 0 bridgehead atoms. The van der Waals surface area contributed by atoms with Gasteiger partial charge in [-0.05, 0) is 49.5 Å². The molecule has 16 heavy (non-hydrogen) atoms. The topological polar surface area (TPSA) is 12.0 Å². The van der Waals surface area contributed by atoms with Crippen LogP contribution in [-0.2, 0) is 6.42 Å². The lowest BCUT2D eigenvalue weighted by molar-refractivity contribution is 0.538. The summed E-state index contributed by atoms with van der Waals surface area (Å²) in [7, 11) is 0. The highest BCUT2D eigenvalue weighted by Crippen LogP contribution is 2.16. The molecule has 1 aromatic rings. The number of rotatable bonds is 6. The zero-order valence-electron chi connectivity index (χ0n) is 9.89. The number of hydrogen-bond donors (Lipinski definition) is 1. The lowest BCUT2D eigenvalue weighted by Gasteiger charge is -2.07. The van der Waals surface area contributed by atoms with E-state index in [-0.39, 0.29) is 5.82 Å². The SMILES string of the molecule is CC(C)CNCCCc1ccc(Br)cc1F. The molecule has 0 aromatic heterocycles. The Kier molecular flexibility index (Phi) is 5.99. The van der Waals surface area contributed by atoms with Gasteiger partial charge >= 0.3 is 0 Å². The minimum atomic E-state index is -0.113. The van der Waals surface area contributed by atoms with Crippen LogP contribution in [0.4, 0.5) is 4.39 Å². The summed E-state index contributed by atoms with van der Waals surface area (Å²) < 4.78 is 14.2. The van der Waals surface area contributed by atoms with Gasteiger partial charge in [-0.15, -0.1) is 0 Å². The summed E-state index contributed by atoms with van der Waals surface area (Å²) in [6.45, 7) is 6.35. The van der Waals surface area contributed by atoms with Crippen LogP contribution in [0.5, 0.6) is 0 Å². The Balaban J connectivity index is 2.27. The molecule has 0 spiro atoms. The molecule has 0 aliphatic heterocycles. The molecule has 1 N–H and O–H groups in total. The zero-order valence-corrected chi connectivity index (χ0v) is 11.5. The maximum absolute atomic E-state index is 13.4. The molecule has 1 nitrogen and oxygen atoms in total. The Labute approximate surface area is 106 Å². The summed E-state index contributed by atoms with van der Waals surface area (Å²) in [6.07, 6.45) is 1.77. The maximum Gasteiger partial charge on any atom is 0.127 e. The van der Waals surface area contributed by atoms with Crippen molar-refractivity contribution in [1.29, 1.82) is 0 Å². The standard InChI is InChI=1S/C13H19BrFN/c1-10(2)9-16-7-3-4-11-5-6-12(14)8-13(11)15/h5-6,8,10,16H,3-4,7,9H2,1-2H3. The van der Waals surface area contributed by atoms with Crippen LogP contribution >= 0.6 is 15.9 Å². The van der Waals surface area contributed by atoms with E-state index >= 15 is 0 Å². The smallest absolute Gasteiger partial charge is 0.127 e. The van der Waals surface area contributed by atoms with Crippen LogP contribution < -0.4 is 5.32 Å². The third kappa shape index (κ3) is 5.08. The minimum Gasteiger partial charge on any atom is -0.316 e. The zero-order chi connectivity index (χ0) is 12.0. The van der Waals surface area contributed by atoms with Crippen molar-refractivity contribution in [2.45, 2.75) is 26.7 Å². The molecule has 0 saturated carbocycles. The summed E-state index contributed by atoms with van der Waals surface area (Å²) in [4.78, 5) is 0. The van der Waals surface area contributed by atoms with Gasteiger partial charge in [0.2, 0.25) is 0 Å². The van der Waals surface area contributed by atoms with Crippen LogP contribution in [0, 0.1) is 11.7 Å². The molecule has 1 aromatic carbocycles. The summed E-state index contributed by atoms with van der Waals surface area (Å²) in [5.41, 5.74) is 0.801. The van der Waals surface area contributed by atoms with Gasteiger partial charge in [0.25, 0.3) is 0 Å². The molecule has 3 heteroatoms. The second-order valence-electron chi connectivity index (χ2n) is 4.44. The fraction of sp³-hybridized carbons (Fsp3) is 0.538. The average molecular weight is 288 g/mol. The first-order chi connectivity index (χ1) is 7.59. The van der Waals surface area contributed by atoms with Crippen molar-refractivity contribution in [3.05, 3.63) is 34.1 Å². The van der Waals surface area contributed by atoms with E-state index in [1.807, 2.05) is 12.1 Å². The number of hydrogen-bond acceptors (Lipinski definition) is 1. The molecule has 0 atom stereocenters. The Bertz CT molecular complexity index is 326. The summed E-state index contributed by atoms with van der Waals surface area (Å²) in [5, 5.41) is 3.35. The van der Waals surface area contributed by atoms with E-state index in [1.54, 1.807) is 0 Å². The second-order valence-corrected chi connectivity index (χ2v) is 5.35. The molecule has 0 unspecified atom stereocenters. The second kappa shape index (κ2) is 7.02. The van der Waals surface area contributed by atoms with Crippen molar-refractivity contribution in [2.75, 3.05) is 13.1 Å². The molecule has 0 aliphatic carbocycles. The van der Waals surface area contributed by atoms with Gasteiger partial charge in [-0.2, -0.15) is 0 Å². The van der Waals surface area contributed by atoms with Crippen molar-refractivity contribution in [1.82, 2.24) is 5.32 Å². The molecule has 90 valence electrons. The number of benzene rings is 1. The highest BCUT2D eigenvalue weighted by atomic mass is 79.9. The van der Waals surface area contributed by atoms with Gasteiger partial charge in [-0.25, -0.2) is 4.39 Å². The van der Waals surface area contributed by atoms with Crippen LogP contribution in [0.3, 0.4) is 0 Å². The summed E-state index contributed by atoms with van der Waals surface area (Å²) in [6, 6.07) is 5.26. The fourth-order valence-corrected chi connectivity index (χ4v) is 1.85. The first-order valence-corrected chi connectivity index (χ1v) is 6.53. The van der Waals surface area contributed by atoms with Crippen molar-refractivity contribution in [2.24, 2.45) is 5.92 Å². The Morgan fingerprint density at radius 2 is 2.12 bits per heavy atom. The Morgan fingerprint density at radius 3 is 2.75 bits per heavy atom. The van der Waals surface area contributed by atoms with E-state index in [1.165, 1.54) is 6.07 Å². The highest BCUT2D eigenvalue weighted by molar-refractivity contribution is 9.10. The van der Waals surface area contributed by atoms with E-state index < -0.39 is 0 Å². The van der Waals surface area contributed by atoms with Crippen LogP contribution in [0.25, 0.3) is 0 Å². The van der Waals surface area contributed by atoms with Crippen molar-refractivity contribution >= 4 is 15.9 Å². The first-order valence-electron chi connectivity index (χ1n) is 5.74. The first kappa shape index (κ1) is 13.7.